The van der Waals surface area contributed by atoms with Crippen molar-refractivity contribution in [2.45, 2.75) is 53.1 Å². The van der Waals surface area contributed by atoms with Gasteiger partial charge in [0.25, 0.3) is 11.8 Å². The molecule has 0 bridgehead atoms. The van der Waals surface area contributed by atoms with Gasteiger partial charge in [-0.05, 0) is 58.0 Å². The van der Waals surface area contributed by atoms with E-state index < -0.39 is 6.04 Å². The van der Waals surface area contributed by atoms with Gasteiger partial charge >= 0.3 is 0 Å². The van der Waals surface area contributed by atoms with E-state index in [0.29, 0.717) is 23.0 Å². The highest BCUT2D eigenvalue weighted by Gasteiger charge is 2.26. The SMILES string of the molecule is CCOc1ccccc1C(=O)N[C@H](C(=O)NNC(=S)NC(C)(C)C)C(C)C. The maximum absolute atomic E-state index is 12.7. The molecular weight excluding hydrogens is 364 g/mol. The van der Waals surface area contributed by atoms with E-state index in [2.05, 4.69) is 21.5 Å². The zero-order chi connectivity index (χ0) is 20.6. The third kappa shape index (κ3) is 7.82. The number of amides is 2. The van der Waals surface area contributed by atoms with Gasteiger partial charge in [-0.25, -0.2) is 0 Å². The van der Waals surface area contributed by atoms with Gasteiger partial charge in [0.15, 0.2) is 5.11 Å². The van der Waals surface area contributed by atoms with Crippen LogP contribution in [0.4, 0.5) is 0 Å². The lowest BCUT2D eigenvalue weighted by atomic mass is 10.0. The third-order valence-corrected chi connectivity index (χ3v) is 3.66. The number of hydrogen-bond donors (Lipinski definition) is 4. The maximum Gasteiger partial charge on any atom is 0.261 e. The summed E-state index contributed by atoms with van der Waals surface area (Å²) in [6, 6.07) is 6.19. The van der Waals surface area contributed by atoms with Crippen LogP contribution in [-0.4, -0.2) is 35.1 Å². The van der Waals surface area contributed by atoms with Crippen molar-refractivity contribution in [3.63, 3.8) is 0 Å². The van der Waals surface area contributed by atoms with Crippen LogP contribution < -0.4 is 26.2 Å². The molecule has 0 saturated carbocycles. The first-order valence-electron chi connectivity index (χ1n) is 8.96. The molecule has 150 valence electrons. The Morgan fingerprint density at radius 2 is 1.78 bits per heavy atom. The van der Waals surface area contributed by atoms with Crippen LogP contribution >= 0.6 is 12.2 Å². The van der Waals surface area contributed by atoms with Crippen LogP contribution in [-0.2, 0) is 4.79 Å². The van der Waals surface area contributed by atoms with E-state index in [0.717, 1.165) is 0 Å². The van der Waals surface area contributed by atoms with Crippen LogP contribution in [0.15, 0.2) is 24.3 Å². The highest BCUT2D eigenvalue weighted by molar-refractivity contribution is 7.80. The van der Waals surface area contributed by atoms with Crippen molar-refractivity contribution >= 4 is 29.1 Å². The van der Waals surface area contributed by atoms with Crippen molar-refractivity contribution in [3.8, 4) is 5.75 Å². The fourth-order valence-corrected chi connectivity index (χ4v) is 2.61. The van der Waals surface area contributed by atoms with Crippen molar-refractivity contribution in [3.05, 3.63) is 29.8 Å². The summed E-state index contributed by atoms with van der Waals surface area (Å²) in [6.07, 6.45) is 0. The predicted molar refractivity (Wildman–Crippen MR) is 110 cm³/mol. The number of carbonyl (C=O) groups excluding carboxylic acids is 2. The van der Waals surface area contributed by atoms with Gasteiger partial charge in [-0.3, -0.25) is 20.4 Å². The van der Waals surface area contributed by atoms with Gasteiger partial charge in [0.1, 0.15) is 11.8 Å². The van der Waals surface area contributed by atoms with Gasteiger partial charge in [0, 0.05) is 5.54 Å². The average Bonchev–Trinajstić information content (AvgIpc) is 2.56. The third-order valence-electron chi connectivity index (χ3n) is 3.46. The molecule has 1 rings (SSSR count). The summed E-state index contributed by atoms with van der Waals surface area (Å²) in [7, 11) is 0. The minimum absolute atomic E-state index is 0.126. The molecule has 0 radical (unpaired) electrons. The first-order chi connectivity index (χ1) is 12.5. The summed E-state index contributed by atoms with van der Waals surface area (Å²) in [5, 5.41) is 6.10. The van der Waals surface area contributed by atoms with Crippen LogP contribution in [0.3, 0.4) is 0 Å². The van der Waals surface area contributed by atoms with Gasteiger partial charge < -0.3 is 15.4 Å². The fraction of sp³-hybridized carbons (Fsp3) is 0.526. The lowest BCUT2D eigenvalue weighted by molar-refractivity contribution is -0.124. The van der Waals surface area contributed by atoms with E-state index in [-0.39, 0.29) is 23.3 Å². The summed E-state index contributed by atoms with van der Waals surface area (Å²) >= 11 is 5.14. The standard InChI is InChI=1S/C19H30N4O3S/c1-7-26-14-11-9-8-10-13(14)16(24)20-15(12(2)3)17(25)22-23-18(27)21-19(4,5)6/h8-12,15H,7H2,1-6H3,(H,20,24)(H,22,25)(H2,21,23,27)/t15-/m0/s1. The van der Waals surface area contributed by atoms with Crippen molar-refractivity contribution in [2.24, 2.45) is 5.92 Å². The van der Waals surface area contributed by atoms with E-state index in [1.165, 1.54) is 0 Å². The van der Waals surface area contributed by atoms with Crippen molar-refractivity contribution < 1.29 is 14.3 Å². The van der Waals surface area contributed by atoms with E-state index in [1.54, 1.807) is 24.3 Å². The van der Waals surface area contributed by atoms with Crippen molar-refractivity contribution in [1.29, 1.82) is 0 Å². The number of benzene rings is 1. The van der Waals surface area contributed by atoms with Crippen molar-refractivity contribution in [1.82, 2.24) is 21.5 Å². The largest absolute Gasteiger partial charge is 0.493 e. The zero-order valence-electron chi connectivity index (χ0n) is 16.8. The molecule has 27 heavy (non-hydrogen) atoms. The number of rotatable bonds is 6. The van der Waals surface area contributed by atoms with Gasteiger partial charge in [0.05, 0.1) is 12.2 Å². The maximum atomic E-state index is 12.7. The molecule has 0 aliphatic rings. The molecule has 0 aliphatic heterocycles. The lowest BCUT2D eigenvalue weighted by Crippen LogP contribution is -2.57. The summed E-state index contributed by atoms with van der Waals surface area (Å²) < 4.78 is 5.49. The normalized spacial score (nSPS) is 12.1. The minimum Gasteiger partial charge on any atom is -0.493 e. The quantitative estimate of drug-likeness (QED) is 0.436. The van der Waals surface area contributed by atoms with Gasteiger partial charge in [-0.2, -0.15) is 0 Å². The number of carbonyl (C=O) groups is 2. The summed E-state index contributed by atoms with van der Waals surface area (Å²) in [5.41, 5.74) is 5.36. The lowest BCUT2D eigenvalue weighted by Gasteiger charge is -2.25. The first-order valence-corrected chi connectivity index (χ1v) is 9.36. The molecule has 0 aromatic heterocycles. The molecule has 0 aliphatic carbocycles. The summed E-state index contributed by atoms with van der Waals surface area (Å²) in [5.74, 6) is -0.401. The summed E-state index contributed by atoms with van der Waals surface area (Å²) in [4.78, 5) is 25.2. The Bertz CT molecular complexity index is 671. The van der Waals surface area contributed by atoms with Crippen LogP contribution in [0.5, 0.6) is 5.75 Å². The number of ether oxygens (including phenoxy) is 1. The van der Waals surface area contributed by atoms with Gasteiger partial charge in [-0.1, -0.05) is 26.0 Å². The van der Waals surface area contributed by atoms with E-state index in [1.807, 2.05) is 41.5 Å². The van der Waals surface area contributed by atoms with E-state index in [4.69, 9.17) is 17.0 Å². The number of hydrogen-bond acceptors (Lipinski definition) is 4. The Labute approximate surface area is 166 Å². The van der Waals surface area contributed by atoms with Crippen LogP contribution in [0.2, 0.25) is 0 Å². The Hall–Kier alpha value is -2.35. The molecule has 7 nitrogen and oxygen atoms in total. The molecule has 0 spiro atoms. The Morgan fingerprint density at radius 3 is 2.33 bits per heavy atom. The second kappa shape index (κ2) is 10.1. The van der Waals surface area contributed by atoms with Crippen LogP contribution in [0.25, 0.3) is 0 Å². The first kappa shape index (κ1) is 22.7. The average molecular weight is 395 g/mol. The molecule has 8 heteroatoms. The topological polar surface area (TPSA) is 91.5 Å². The number of para-hydroxylation sites is 1. The molecule has 1 aromatic rings. The van der Waals surface area contributed by atoms with Gasteiger partial charge in [-0.15, -0.1) is 0 Å². The fourth-order valence-electron chi connectivity index (χ4n) is 2.26. The second-order valence-corrected chi connectivity index (χ2v) is 7.85. The minimum atomic E-state index is -0.739. The molecule has 1 atom stereocenters. The van der Waals surface area contributed by atoms with Gasteiger partial charge in [0.2, 0.25) is 0 Å². The number of nitrogens with one attached hydrogen (secondary N) is 4. The molecule has 1 aromatic carbocycles. The molecule has 0 unspecified atom stereocenters. The van der Waals surface area contributed by atoms with E-state index >= 15 is 0 Å². The van der Waals surface area contributed by atoms with Crippen LogP contribution in [0, 0.1) is 5.92 Å². The Balaban J connectivity index is 2.77. The molecular formula is C19H30N4O3S. The second-order valence-electron chi connectivity index (χ2n) is 7.44. The van der Waals surface area contributed by atoms with E-state index in [9.17, 15) is 9.59 Å². The molecule has 0 heterocycles. The Morgan fingerprint density at radius 1 is 1.15 bits per heavy atom. The number of thiocarbonyl (C=S) groups is 1. The molecule has 4 N–H and O–H groups in total. The van der Waals surface area contributed by atoms with Crippen LogP contribution in [0.1, 0.15) is 51.9 Å². The highest BCUT2D eigenvalue weighted by atomic mass is 32.1. The zero-order valence-corrected chi connectivity index (χ0v) is 17.6. The van der Waals surface area contributed by atoms with Crippen molar-refractivity contribution in [2.75, 3.05) is 6.61 Å². The highest BCUT2D eigenvalue weighted by Crippen LogP contribution is 2.18. The smallest absolute Gasteiger partial charge is 0.261 e. The Kier molecular flexibility index (Phi) is 8.49. The monoisotopic (exact) mass is 394 g/mol. The molecule has 0 fully saturated rings. The molecule has 0 saturated heterocycles. The predicted octanol–water partition coefficient (Wildman–Crippen LogP) is 2.13. The number of hydrazine groups is 1. The molecule has 2 amide bonds. The summed E-state index contributed by atoms with van der Waals surface area (Å²) in [6.45, 7) is 11.9.